The van der Waals surface area contributed by atoms with Crippen LogP contribution < -0.4 is 0 Å². The van der Waals surface area contributed by atoms with Crippen LogP contribution in [-0.2, 0) is 4.74 Å². The molecule has 1 aromatic rings. The zero-order chi connectivity index (χ0) is 17.9. The smallest absolute Gasteiger partial charge is 0.182 e. The Morgan fingerprint density at radius 3 is 2.44 bits per heavy atom. The fraction of sp³-hybridized carbons (Fsp3) is 0.650. The first-order valence-corrected chi connectivity index (χ1v) is 10.2. The van der Waals surface area contributed by atoms with E-state index in [9.17, 15) is 9.90 Å². The lowest BCUT2D eigenvalue weighted by atomic mass is 9.91. The number of aliphatic hydroxyl groups excluding tert-OH is 1. The lowest BCUT2D eigenvalue weighted by Crippen LogP contribution is -2.54. The van der Waals surface area contributed by atoms with Gasteiger partial charge in [0.2, 0.25) is 0 Å². The van der Waals surface area contributed by atoms with Crippen LogP contribution in [0.1, 0.15) is 49.9 Å². The van der Waals surface area contributed by atoms with Gasteiger partial charge in [0.1, 0.15) is 0 Å². The fourth-order valence-electron chi connectivity index (χ4n) is 3.69. The fourth-order valence-corrected chi connectivity index (χ4v) is 4.91. The summed E-state index contributed by atoms with van der Waals surface area (Å²) in [4.78, 5) is 16.3. The minimum absolute atomic E-state index is 0.156. The normalized spacial score (nSPS) is 25.7. The van der Waals surface area contributed by atoms with E-state index in [0.717, 1.165) is 42.8 Å². The number of hydrogen-bond donors (Lipinski definition) is 1. The van der Waals surface area contributed by atoms with Gasteiger partial charge in [-0.1, -0.05) is 25.0 Å². The molecule has 3 rings (SSSR count). The quantitative estimate of drug-likeness (QED) is 0.813. The third kappa shape index (κ3) is 4.45. The summed E-state index contributed by atoms with van der Waals surface area (Å²) in [5.41, 5.74) is 0.239. The van der Waals surface area contributed by atoms with Gasteiger partial charge >= 0.3 is 0 Å². The summed E-state index contributed by atoms with van der Waals surface area (Å²) in [6, 6.07) is 7.91. The third-order valence-corrected chi connectivity index (χ3v) is 6.83. The molecule has 1 saturated heterocycles. The maximum atomic E-state index is 13.0. The first-order chi connectivity index (χ1) is 12.0. The van der Waals surface area contributed by atoms with Crippen LogP contribution in [0.25, 0.3) is 0 Å². The van der Waals surface area contributed by atoms with Gasteiger partial charge in [0.05, 0.1) is 24.9 Å². The molecule has 138 valence electrons. The number of ketones is 1. The molecular formula is C20H29NO3S. The van der Waals surface area contributed by atoms with Crippen molar-refractivity contribution in [2.24, 2.45) is 0 Å². The highest BCUT2D eigenvalue weighted by molar-refractivity contribution is 8.00. The van der Waals surface area contributed by atoms with Crippen LogP contribution in [0, 0.1) is 0 Å². The summed E-state index contributed by atoms with van der Waals surface area (Å²) in [6.45, 7) is 6.98. The molecule has 25 heavy (non-hydrogen) atoms. The van der Waals surface area contributed by atoms with Crippen LogP contribution in [-0.4, -0.2) is 59.0 Å². The Bertz CT molecular complexity index is 581. The second kappa shape index (κ2) is 8.21. The minimum Gasteiger partial charge on any atom is -0.392 e. The van der Waals surface area contributed by atoms with Crippen molar-refractivity contribution in [3.63, 3.8) is 0 Å². The molecule has 1 N–H and O–H groups in total. The van der Waals surface area contributed by atoms with Gasteiger partial charge in [0.25, 0.3) is 0 Å². The van der Waals surface area contributed by atoms with Crippen LogP contribution in [0.15, 0.2) is 29.2 Å². The standard InChI is InChI=1S/C20H29NO3S/c1-20(2,21-11-13-24-14-12-21)19(23)15-7-9-16(10-8-15)25-18-6-4-3-5-17(18)22/h7-10,17-18,22H,3-6,11-14H2,1-2H3. The van der Waals surface area contributed by atoms with Gasteiger partial charge in [-0.05, 0) is 38.8 Å². The molecule has 1 saturated carbocycles. The first kappa shape index (κ1) is 18.9. The number of ether oxygens (including phenoxy) is 1. The molecule has 5 heteroatoms. The van der Waals surface area contributed by atoms with E-state index in [2.05, 4.69) is 4.90 Å². The van der Waals surface area contributed by atoms with Crippen molar-refractivity contribution < 1.29 is 14.6 Å². The zero-order valence-corrected chi connectivity index (χ0v) is 16.1. The highest BCUT2D eigenvalue weighted by atomic mass is 32.2. The second-order valence-electron chi connectivity index (χ2n) is 7.52. The molecular weight excluding hydrogens is 334 g/mol. The Hall–Kier alpha value is -0.880. The summed E-state index contributed by atoms with van der Waals surface area (Å²) >= 11 is 1.74. The lowest BCUT2D eigenvalue weighted by Gasteiger charge is -2.39. The molecule has 2 fully saturated rings. The topological polar surface area (TPSA) is 49.8 Å². The summed E-state index contributed by atoms with van der Waals surface area (Å²) in [7, 11) is 0. The Balaban J connectivity index is 1.65. The van der Waals surface area contributed by atoms with Gasteiger partial charge in [0, 0.05) is 28.8 Å². The van der Waals surface area contributed by atoms with Crippen LogP contribution in [0.3, 0.4) is 0 Å². The van der Waals surface area contributed by atoms with Crippen molar-refractivity contribution in [3.05, 3.63) is 29.8 Å². The van der Waals surface area contributed by atoms with Crippen LogP contribution in [0.5, 0.6) is 0 Å². The van der Waals surface area contributed by atoms with E-state index in [4.69, 9.17) is 4.74 Å². The number of carbonyl (C=O) groups excluding carboxylic acids is 1. The summed E-state index contributed by atoms with van der Waals surface area (Å²) in [5.74, 6) is 0.156. The number of carbonyl (C=O) groups is 1. The molecule has 0 radical (unpaired) electrons. The van der Waals surface area contributed by atoms with Crippen molar-refractivity contribution in [1.29, 1.82) is 0 Å². The molecule has 1 aliphatic carbocycles. The molecule has 2 atom stereocenters. The molecule has 2 unspecified atom stereocenters. The average Bonchev–Trinajstić information content (AvgIpc) is 2.64. The van der Waals surface area contributed by atoms with Crippen molar-refractivity contribution in [2.75, 3.05) is 26.3 Å². The van der Waals surface area contributed by atoms with Gasteiger partial charge in [0.15, 0.2) is 5.78 Å². The number of hydrogen-bond acceptors (Lipinski definition) is 5. The minimum atomic E-state index is -0.516. The largest absolute Gasteiger partial charge is 0.392 e. The molecule has 1 aliphatic heterocycles. The Labute approximate surface area is 154 Å². The van der Waals surface area contributed by atoms with Crippen LogP contribution in [0.4, 0.5) is 0 Å². The van der Waals surface area contributed by atoms with E-state index in [-0.39, 0.29) is 17.1 Å². The van der Waals surface area contributed by atoms with E-state index in [1.54, 1.807) is 11.8 Å². The van der Waals surface area contributed by atoms with Crippen molar-refractivity contribution in [1.82, 2.24) is 4.90 Å². The highest BCUT2D eigenvalue weighted by Gasteiger charge is 2.36. The van der Waals surface area contributed by atoms with Gasteiger partial charge < -0.3 is 9.84 Å². The lowest BCUT2D eigenvalue weighted by molar-refractivity contribution is -0.00430. The summed E-state index contributed by atoms with van der Waals surface area (Å²) < 4.78 is 5.40. The predicted octanol–water partition coefficient (Wildman–Crippen LogP) is 3.38. The summed E-state index contributed by atoms with van der Waals surface area (Å²) in [6.07, 6.45) is 4.08. The van der Waals surface area contributed by atoms with Crippen LogP contribution >= 0.6 is 11.8 Å². The van der Waals surface area contributed by atoms with Gasteiger partial charge in [-0.25, -0.2) is 0 Å². The van der Waals surface area contributed by atoms with Crippen molar-refractivity contribution >= 4 is 17.5 Å². The summed E-state index contributed by atoms with van der Waals surface area (Å²) in [5, 5.41) is 10.4. The Morgan fingerprint density at radius 2 is 1.80 bits per heavy atom. The number of benzene rings is 1. The third-order valence-electron chi connectivity index (χ3n) is 5.43. The van der Waals surface area contributed by atoms with Crippen molar-refractivity contribution in [2.45, 2.75) is 61.3 Å². The van der Waals surface area contributed by atoms with E-state index >= 15 is 0 Å². The number of morpholine rings is 1. The molecule has 0 spiro atoms. The number of thioether (sulfide) groups is 1. The number of Topliss-reactive ketones (excluding diaryl/α,β-unsaturated/α-hetero) is 1. The molecule has 0 bridgehead atoms. The molecule has 0 amide bonds. The number of aliphatic hydroxyl groups is 1. The van der Waals surface area contributed by atoms with Crippen LogP contribution in [0.2, 0.25) is 0 Å². The van der Waals surface area contributed by atoms with Gasteiger partial charge in [-0.2, -0.15) is 0 Å². The number of nitrogens with zero attached hydrogens (tertiary/aromatic N) is 1. The van der Waals surface area contributed by atoms with Gasteiger partial charge in [-0.15, -0.1) is 11.8 Å². The average molecular weight is 364 g/mol. The maximum Gasteiger partial charge on any atom is 0.182 e. The monoisotopic (exact) mass is 363 g/mol. The SMILES string of the molecule is CC(C)(C(=O)c1ccc(SC2CCCCC2O)cc1)N1CCOCC1. The molecule has 1 aromatic carbocycles. The maximum absolute atomic E-state index is 13.0. The molecule has 2 aliphatic rings. The zero-order valence-electron chi connectivity index (χ0n) is 15.2. The predicted molar refractivity (Wildman–Crippen MR) is 101 cm³/mol. The Morgan fingerprint density at radius 1 is 1.16 bits per heavy atom. The van der Waals surface area contributed by atoms with E-state index in [1.165, 1.54) is 6.42 Å². The molecule has 1 heterocycles. The first-order valence-electron chi connectivity index (χ1n) is 9.31. The number of rotatable bonds is 5. The molecule has 0 aromatic heterocycles. The van der Waals surface area contributed by atoms with Gasteiger partial charge in [-0.3, -0.25) is 9.69 Å². The van der Waals surface area contributed by atoms with E-state index in [1.807, 2.05) is 38.1 Å². The van der Waals surface area contributed by atoms with Crippen molar-refractivity contribution in [3.8, 4) is 0 Å². The second-order valence-corrected chi connectivity index (χ2v) is 8.83. The highest BCUT2D eigenvalue weighted by Crippen LogP contribution is 2.34. The van der Waals surface area contributed by atoms with E-state index in [0.29, 0.717) is 13.2 Å². The van der Waals surface area contributed by atoms with E-state index < -0.39 is 5.54 Å². The molecule has 4 nitrogen and oxygen atoms in total. The Kier molecular flexibility index (Phi) is 6.21.